The summed E-state index contributed by atoms with van der Waals surface area (Å²) in [7, 11) is 0. The van der Waals surface area contributed by atoms with Crippen LogP contribution in [-0.2, 0) is 4.79 Å². The lowest BCUT2D eigenvalue weighted by molar-refractivity contribution is -0.124. The van der Waals surface area contributed by atoms with E-state index in [-0.39, 0.29) is 30.3 Å². The van der Waals surface area contributed by atoms with E-state index in [2.05, 4.69) is 5.32 Å². The summed E-state index contributed by atoms with van der Waals surface area (Å²) in [6, 6.07) is 15.2. The Morgan fingerprint density at radius 1 is 1.09 bits per heavy atom. The van der Waals surface area contributed by atoms with Crippen LogP contribution in [0.15, 0.2) is 54.6 Å². The van der Waals surface area contributed by atoms with E-state index < -0.39 is 0 Å². The van der Waals surface area contributed by atoms with E-state index in [0.29, 0.717) is 5.75 Å². The van der Waals surface area contributed by atoms with Gasteiger partial charge < -0.3 is 10.1 Å². The summed E-state index contributed by atoms with van der Waals surface area (Å²) in [5, 5.41) is 2.94. The van der Waals surface area contributed by atoms with E-state index in [0.717, 1.165) is 5.56 Å². The quantitative estimate of drug-likeness (QED) is 0.883. The van der Waals surface area contributed by atoms with Crippen LogP contribution in [0.2, 0.25) is 0 Å². The molecule has 0 aromatic heterocycles. The monoisotopic (exact) mass is 301 g/mol. The predicted molar refractivity (Wildman–Crippen MR) is 84.1 cm³/mol. The first-order valence-electron chi connectivity index (χ1n) is 7.29. The predicted octanol–water partition coefficient (Wildman–Crippen LogP) is 3.72. The fraction of sp³-hybridized carbons (Fsp3) is 0.278. The van der Waals surface area contributed by atoms with Crippen molar-refractivity contribution < 1.29 is 13.9 Å². The van der Waals surface area contributed by atoms with Gasteiger partial charge in [-0.3, -0.25) is 4.79 Å². The lowest BCUT2D eigenvalue weighted by Gasteiger charge is -2.23. The smallest absolute Gasteiger partial charge is 0.258 e. The first-order chi connectivity index (χ1) is 10.6. The third-order valence-electron chi connectivity index (χ3n) is 3.33. The molecule has 0 aliphatic rings. The molecular formula is C18H20FNO2. The molecule has 2 aromatic rings. The van der Waals surface area contributed by atoms with Crippen molar-refractivity contribution in [3.63, 3.8) is 0 Å². The zero-order valence-electron chi connectivity index (χ0n) is 12.8. The highest BCUT2D eigenvalue weighted by Gasteiger charge is 2.18. The number of rotatable bonds is 6. The molecule has 1 N–H and O–H groups in total. The summed E-state index contributed by atoms with van der Waals surface area (Å²) in [5.74, 6) is 0.350. The Labute approximate surface area is 130 Å². The maximum atomic E-state index is 13.0. The molecule has 4 heteroatoms. The number of nitrogens with one attached hydrogen (secondary N) is 1. The minimum absolute atomic E-state index is 0.0472. The number of halogens is 1. The van der Waals surface area contributed by atoms with Gasteiger partial charge in [-0.25, -0.2) is 4.39 Å². The molecule has 0 fully saturated rings. The van der Waals surface area contributed by atoms with Crippen molar-refractivity contribution in [3.8, 4) is 5.75 Å². The van der Waals surface area contributed by atoms with Gasteiger partial charge in [0.15, 0.2) is 6.61 Å². The van der Waals surface area contributed by atoms with Gasteiger partial charge in [0.05, 0.1) is 6.04 Å². The fourth-order valence-electron chi connectivity index (χ4n) is 2.19. The van der Waals surface area contributed by atoms with Crippen molar-refractivity contribution >= 4 is 5.91 Å². The highest BCUT2D eigenvalue weighted by Crippen LogP contribution is 2.21. The number of para-hydroxylation sites is 1. The van der Waals surface area contributed by atoms with Crippen LogP contribution in [0.3, 0.4) is 0 Å². The Morgan fingerprint density at radius 3 is 2.32 bits per heavy atom. The average Bonchev–Trinajstić information content (AvgIpc) is 2.52. The first kappa shape index (κ1) is 16.0. The summed E-state index contributed by atoms with van der Waals surface area (Å²) in [6.07, 6.45) is 0. The van der Waals surface area contributed by atoms with E-state index >= 15 is 0 Å². The van der Waals surface area contributed by atoms with E-state index in [4.69, 9.17) is 4.74 Å². The van der Waals surface area contributed by atoms with Gasteiger partial charge in [-0.15, -0.1) is 0 Å². The highest BCUT2D eigenvalue weighted by atomic mass is 19.1. The van der Waals surface area contributed by atoms with Gasteiger partial charge in [-0.1, -0.05) is 44.2 Å². The minimum atomic E-state index is -0.287. The van der Waals surface area contributed by atoms with Crippen LogP contribution in [-0.4, -0.2) is 12.5 Å². The van der Waals surface area contributed by atoms with Crippen molar-refractivity contribution in [2.24, 2.45) is 5.92 Å². The van der Waals surface area contributed by atoms with Crippen molar-refractivity contribution in [3.05, 3.63) is 66.0 Å². The van der Waals surface area contributed by atoms with Gasteiger partial charge in [-0.2, -0.15) is 0 Å². The Hall–Kier alpha value is -2.36. The van der Waals surface area contributed by atoms with Crippen LogP contribution in [0.5, 0.6) is 5.75 Å². The molecule has 116 valence electrons. The topological polar surface area (TPSA) is 38.3 Å². The standard InChI is InChI=1S/C18H20FNO2/c1-13(2)18(14-8-10-15(19)11-9-14)20-17(21)12-22-16-6-4-3-5-7-16/h3-11,13,18H,12H2,1-2H3,(H,20,21)/t18-/m0/s1. The van der Waals surface area contributed by atoms with Crippen LogP contribution in [0, 0.1) is 11.7 Å². The zero-order valence-corrected chi connectivity index (χ0v) is 12.8. The van der Waals surface area contributed by atoms with Crippen LogP contribution in [0.25, 0.3) is 0 Å². The number of hydrogen-bond acceptors (Lipinski definition) is 2. The largest absolute Gasteiger partial charge is 0.484 e. The fourth-order valence-corrected chi connectivity index (χ4v) is 2.19. The second kappa shape index (κ2) is 7.59. The van der Waals surface area contributed by atoms with Crippen LogP contribution in [0.1, 0.15) is 25.5 Å². The van der Waals surface area contributed by atoms with Gasteiger partial charge in [0.25, 0.3) is 5.91 Å². The van der Waals surface area contributed by atoms with Crippen molar-refractivity contribution in [2.75, 3.05) is 6.61 Å². The maximum absolute atomic E-state index is 13.0. The Kier molecular flexibility index (Phi) is 5.53. The van der Waals surface area contributed by atoms with Crippen LogP contribution < -0.4 is 10.1 Å². The van der Waals surface area contributed by atoms with Crippen LogP contribution >= 0.6 is 0 Å². The summed E-state index contributed by atoms with van der Waals surface area (Å²) < 4.78 is 18.4. The molecule has 2 rings (SSSR count). The number of amides is 1. The van der Waals surface area contributed by atoms with Gasteiger partial charge in [0, 0.05) is 0 Å². The highest BCUT2D eigenvalue weighted by molar-refractivity contribution is 5.78. The van der Waals surface area contributed by atoms with Crippen molar-refractivity contribution in [1.82, 2.24) is 5.32 Å². The van der Waals surface area contributed by atoms with Gasteiger partial charge in [0.2, 0.25) is 0 Å². The molecule has 0 saturated heterocycles. The molecule has 0 bridgehead atoms. The molecular weight excluding hydrogens is 281 g/mol. The summed E-state index contributed by atoms with van der Waals surface area (Å²) >= 11 is 0. The van der Waals surface area contributed by atoms with E-state index in [9.17, 15) is 9.18 Å². The molecule has 1 atom stereocenters. The number of hydrogen-bond donors (Lipinski definition) is 1. The Balaban J connectivity index is 1.96. The first-order valence-corrected chi connectivity index (χ1v) is 7.29. The molecule has 3 nitrogen and oxygen atoms in total. The second-order valence-corrected chi connectivity index (χ2v) is 5.44. The summed E-state index contributed by atoms with van der Waals surface area (Å²) in [6.45, 7) is 3.97. The van der Waals surface area contributed by atoms with E-state index in [1.165, 1.54) is 12.1 Å². The summed E-state index contributed by atoms with van der Waals surface area (Å²) in [5.41, 5.74) is 0.879. The minimum Gasteiger partial charge on any atom is -0.484 e. The number of benzene rings is 2. The maximum Gasteiger partial charge on any atom is 0.258 e. The molecule has 22 heavy (non-hydrogen) atoms. The van der Waals surface area contributed by atoms with Gasteiger partial charge in [0.1, 0.15) is 11.6 Å². The SMILES string of the molecule is CC(C)[C@H](NC(=O)COc1ccccc1)c1ccc(F)cc1. The molecule has 0 aliphatic carbocycles. The lowest BCUT2D eigenvalue weighted by atomic mass is 9.96. The second-order valence-electron chi connectivity index (χ2n) is 5.44. The lowest BCUT2D eigenvalue weighted by Crippen LogP contribution is -2.35. The molecule has 0 aliphatic heterocycles. The van der Waals surface area contributed by atoms with Gasteiger partial charge in [-0.05, 0) is 35.7 Å². The van der Waals surface area contributed by atoms with E-state index in [1.54, 1.807) is 24.3 Å². The van der Waals surface area contributed by atoms with Crippen molar-refractivity contribution in [1.29, 1.82) is 0 Å². The molecule has 0 unspecified atom stereocenters. The normalized spacial score (nSPS) is 12.0. The Morgan fingerprint density at radius 2 is 1.73 bits per heavy atom. The Bertz CT molecular complexity index is 596. The summed E-state index contributed by atoms with van der Waals surface area (Å²) in [4.78, 5) is 12.1. The van der Waals surface area contributed by atoms with Gasteiger partial charge >= 0.3 is 0 Å². The third-order valence-corrected chi connectivity index (χ3v) is 3.33. The third kappa shape index (κ3) is 4.58. The molecule has 2 aromatic carbocycles. The number of ether oxygens (including phenoxy) is 1. The molecule has 0 radical (unpaired) electrons. The molecule has 0 heterocycles. The number of carbonyl (C=O) groups is 1. The van der Waals surface area contributed by atoms with Crippen LogP contribution in [0.4, 0.5) is 4.39 Å². The van der Waals surface area contributed by atoms with E-state index in [1.807, 2.05) is 32.0 Å². The molecule has 0 spiro atoms. The zero-order chi connectivity index (χ0) is 15.9. The molecule has 1 amide bonds. The van der Waals surface area contributed by atoms with Crippen molar-refractivity contribution in [2.45, 2.75) is 19.9 Å². The average molecular weight is 301 g/mol. The number of carbonyl (C=O) groups excluding carboxylic acids is 1. The molecule has 0 saturated carbocycles.